The molecule has 1 fully saturated rings. The van der Waals surface area contributed by atoms with Crippen molar-refractivity contribution in [3.05, 3.63) is 23.5 Å². The molecule has 20 heavy (non-hydrogen) atoms. The van der Waals surface area contributed by atoms with Gasteiger partial charge in [-0.05, 0) is 38.8 Å². The maximum absolute atomic E-state index is 9.15. The second kappa shape index (κ2) is 5.38. The molecule has 6 nitrogen and oxygen atoms in total. The number of aliphatic hydroxyl groups is 1. The molecule has 1 aliphatic heterocycles. The highest BCUT2D eigenvalue weighted by atomic mass is 16.4. The quantitative estimate of drug-likeness (QED) is 0.917. The Balaban J connectivity index is 1.70. The molecule has 1 atom stereocenters. The summed E-state index contributed by atoms with van der Waals surface area (Å²) in [7, 11) is 0. The molecule has 1 saturated heterocycles. The van der Waals surface area contributed by atoms with Crippen LogP contribution in [0.3, 0.4) is 0 Å². The third-order valence-electron chi connectivity index (χ3n) is 3.73. The van der Waals surface area contributed by atoms with Crippen LogP contribution in [0, 0.1) is 19.8 Å². The molecule has 0 amide bonds. The van der Waals surface area contributed by atoms with Crippen molar-refractivity contribution in [1.82, 2.24) is 15.1 Å². The van der Waals surface area contributed by atoms with E-state index >= 15 is 0 Å². The number of furan rings is 1. The Bertz CT molecular complexity index is 590. The Morgan fingerprint density at radius 2 is 2.20 bits per heavy atom. The third-order valence-corrected chi connectivity index (χ3v) is 3.73. The van der Waals surface area contributed by atoms with Crippen LogP contribution in [0.15, 0.2) is 14.9 Å². The van der Waals surface area contributed by atoms with Gasteiger partial charge in [-0.15, -0.1) is 10.2 Å². The maximum Gasteiger partial charge on any atom is 0.251 e. The average Bonchev–Trinajstić information content (AvgIpc) is 3.11. The molecule has 2 aromatic rings. The van der Waals surface area contributed by atoms with E-state index in [9.17, 15) is 0 Å². The van der Waals surface area contributed by atoms with E-state index in [1.807, 2.05) is 19.9 Å². The van der Waals surface area contributed by atoms with Crippen LogP contribution < -0.4 is 0 Å². The first-order valence-electron chi connectivity index (χ1n) is 6.88. The first kappa shape index (κ1) is 13.3. The zero-order chi connectivity index (χ0) is 14.1. The van der Waals surface area contributed by atoms with Crippen LogP contribution in [-0.2, 0) is 6.54 Å². The van der Waals surface area contributed by atoms with Crippen LogP contribution in [0.25, 0.3) is 11.5 Å². The van der Waals surface area contributed by atoms with Crippen molar-refractivity contribution >= 4 is 0 Å². The van der Waals surface area contributed by atoms with E-state index < -0.39 is 0 Å². The van der Waals surface area contributed by atoms with E-state index in [0.29, 0.717) is 24.2 Å². The summed E-state index contributed by atoms with van der Waals surface area (Å²) in [5, 5.41) is 17.3. The fourth-order valence-corrected chi connectivity index (χ4v) is 2.67. The Morgan fingerprint density at radius 3 is 2.85 bits per heavy atom. The summed E-state index contributed by atoms with van der Waals surface area (Å²) in [6.07, 6.45) is 1.03. The van der Waals surface area contributed by atoms with Gasteiger partial charge in [0.25, 0.3) is 5.89 Å². The van der Waals surface area contributed by atoms with Gasteiger partial charge in [0.15, 0.2) is 0 Å². The smallest absolute Gasteiger partial charge is 0.251 e. The van der Waals surface area contributed by atoms with Crippen molar-refractivity contribution < 1.29 is 13.9 Å². The lowest BCUT2D eigenvalue weighted by Crippen LogP contribution is -2.21. The molecule has 108 valence electrons. The first-order chi connectivity index (χ1) is 9.65. The van der Waals surface area contributed by atoms with Crippen molar-refractivity contribution in [2.45, 2.75) is 26.8 Å². The largest absolute Gasteiger partial charge is 0.466 e. The molecule has 0 radical (unpaired) electrons. The number of aromatic nitrogens is 2. The molecule has 0 aliphatic carbocycles. The number of likely N-dealkylation sites (tertiary alicyclic amines) is 1. The Kier molecular flexibility index (Phi) is 3.58. The molecular weight excluding hydrogens is 258 g/mol. The Morgan fingerprint density at radius 1 is 1.35 bits per heavy atom. The van der Waals surface area contributed by atoms with Crippen LogP contribution in [-0.4, -0.2) is 39.9 Å². The highest BCUT2D eigenvalue weighted by Crippen LogP contribution is 2.26. The predicted molar refractivity (Wildman–Crippen MR) is 71.9 cm³/mol. The normalized spacial score (nSPS) is 19.9. The van der Waals surface area contributed by atoms with Gasteiger partial charge >= 0.3 is 0 Å². The molecule has 1 aliphatic rings. The fraction of sp³-hybridized carbons (Fsp3) is 0.571. The number of aryl methyl sites for hydroxylation is 2. The van der Waals surface area contributed by atoms with Crippen molar-refractivity contribution in [3.8, 4) is 11.5 Å². The monoisotopic (exact) mass is 277 g/mol. The Hall–Kier alpha value is -1.66. The van der Waals surface area contributed by atoms with E-state index in [0.717, 1.165) is 36.6 Å². The highest BCUT2D eigenvalue weighted by molar-refractivity contribution is 5.55. The lowest BCUT2D eigenvalue weighted by atomic mass is 10.1. The number of rotatable bonds is 4. The zero-order valence-corrected chi connectivity index (χ0v) is 11.8. The van der Waals surface area contributed by atoms with Crippen LogP contribution >= 0.6 is 0 Å². The van der Waals surface area contributed by atoms with Gasteiger partial charge in [0, 0.05) is 13.2 Å². The van der Waals surface area contributed by atoms with Gasteiger partial charge < -0.3 is 13.9 Å². The van der Waals surface area contributed by atoms with Gasteiger partial charge in [-0.2, -0.15) is 0 Å². The molecule has 1 unspecified atom stereocenters. The van der Waals surface area contributed by atoms with Crippen molar-refractivity contribution in [2.75, 3.05) is 19.7 Å². The first-order valence-corrected chi connectivity index (χ1v) is 6.88. The third kappa shape index (κ3) is 2.62. The van der Waals surface area contributed by atoms with Crippen LogP contribution in [0.2, 0.25) is 0 Å². The van der Waals surface area contributed by atoms with E-state index in [1.165, 1.54) is 0 Å². The summed E-state index contributed by atoms with van der Waals surface area (Å²) in [5.74, 6) is 3.11. The molecule has 2 aromatic heterocycles. The van der Waals surface area contributed by atoms with Gasteiger partial charge in [0.05, 0.1) is 12.1 Å². The average molecular weight is 277 g/mol. The summed E-state index contributed by atoms with van der Waals surface area (Å²) in [5.41, 5.74) is 0.857. The minimum absolute atomic E-state index is 0.249. The molecule has 3 heterocycles. The molecular formula is C14H19N3O3. The predicted octanol–water partition coefficient (Wildman–Crippen LogP) is 1.76. The van der Waals surface area contributed by atoms with Crippen molar-refractivity contribution in [2.24, 2.45) is 5.92 Å². The fourth-order valence-electron chi connectivity index (χ4n) is 2.67. The van der Waals surface area contributed by atoms with Crippen molar-refractivity contribution in [3.63, 3.8) is 0 Å². The highest BCUT2D eigenvalue weighted by Gasteiger charge is 2.23. The minimum atomic E-state index is 0.249. The standard InChI is InChI=1S/C14H19N3O3/c1-9-5-12(10(2)19-9)14-16-15-13(20-14)7-17-4-3-11(6-17)8-18/h5,11,18H,3-4,6-8H2,1-2H3. The number of hydrogen-bond donors (Lipinski definition) is 1. The van der Waals surface area contributed by atoms with E-state index in [1.54, 1.807) is 0 Å². The number of nitrogens with zero attached hydrogens (tertiary/aromatic N) is 3. The second-order valence-corrected chi connectivity index (χ2v) is 5.40. The van der Waals surface area contributed by atoms with Gasteiger partial charge in [-0.1, -0.05) is 0 Å². The second-order valence-electron chi connectivity index (χ2n) is 5.40. The van der Waals surface area contributed by atoms with Crippen molar-refractivity contribution in [1.29, 1.82) is 0 Å². The van der Waals surface area contributed by atoms with E-state index in [4.69, 9.17) is 13.9 Å². The molecule has 6 heteroatoms. The number of hydrogen-bond acceptors (Lipinski definition) is 6. The lowest BCUT2D eigenvalue weighted by molar-refractivity contribution is 0.215. The van der Waals surface area contributed by atoms with Gasteiger partial charge in [-0.3, -0.25) is 4.90 Å². The van der Waals surface area contributed by atoms with Crippen LogP contribution in [0.1, 0.15) is 23.8 Å². The van der Waals surface area contributed by atoms with Crippen LogP contribution in [0.4, 0.5) is 0 Å². The van der Waals surface area contributed by atoms with Gasteiger partial charge in [0.1, 0.15) is 11.5 Å². The molecule has 0 aromatic carbocycles. The zero-order valence-electron chi connectivity index (χ0n) is 11.8. The molecule has 0 bridgehead atoms. The molecule has 0 saturated carbocycles. The van der Waals surface area contributed by atoms with E-state index in [-0.39, 0.29) is 6.61 Å². The minimum Gasteiger partial charge on any atom is -0.466 e. The molecule has 3 rings (SSSR count). The summed E-state index contributed by atoms with van der Waals surface area (Å²) >= 11 is 0. The maximum atomic E-state index is 9.15. The lowest BCUT2D eigenvalue weighted by Gasteiger charge is -2.11. The summed E-state index contributed by atoms with van der Waals surface area (Å²) in [6, 6.07) is 1.91. The summed E-state index contributed by atoms with van der Waals surface area (Å²) < 4.78 is 11.2. The molecule has 0 spiro atoms. The summed E-state index contributed by atoms with van der Waals surface area (Å²) in [4.78, 5) is 2.23. The SMILES string of the molecule is Cc1cc(-c2nnc(CN3CCC(CO)C3)o2)c(C)o1. The Labute approximate surface area is 117 Å². The topological polar surface area (TPSA) is 75.5 Å². The van der Waals surface area contributed by atoms with Gasteiger partial charge in [0.2, 0.25) is 5.89 Å². The van der Waals surface area contributed by atoms with Gasteiger partial charge in [-0.25, -0.2) is 0 Å². The van der Waals surface area contributed by atoms with Crippen LogP contribution in [0.5, 0.6) is 0 Å². The molecule has 1 N–H and O–H groups in total. The number of aliphatic hydroxyl groups excluding tert-OH is 1. The van der Waals surface area contributed by atoms with E-state index in [2.05, 4.69) is 15.1 Å². The summed E-state index contributed by atoms with van der Waals surface area (Å²) in [6.45, 7) is 6.52.